The fourth-order valence-corrected chi connectivity index (χ4v) is 4.64. The van der Waals surface area contributed by atoms with Crippen molar-refractivity contribution in [2.24, 2.45) is 5.92 Å². The summed E-state index contributed by atoms with van der Waals surface area (Å²) in [7, 11) is 2.17. The van der Waals surface area contributed by atoms with E-state index >= 15 is 0 Å². The zero-order valence-electron chi connectivity index (χ0n) is 18.6. The maximum Gasteiger partial charge on any atom is 0.270 e. The van der Waals surface area contributed by atoms with Crippen molar-refractivity contribution in [1.82, 2.24) is 25.0 Å². The van der Waals surface area contributed by atoms with Gasteiger partial charge in [0, 0.05) is 63.1 Å². The number of H-pyrrole nitrogens is 1. The summed E-state index contributed by atoms with van der Waals surface area (Å²) < 4.78 is 0. The molecule has 2 aromatic rings. The van der Waals surface area contributed by atoms with Gasteiger partial charge in [0.2, 0.25) is 5.91 Å². The first-order valence-corrected chi connectivity index (χ1v) is 11.6. The Labute approximate surface area is 184 Å². The maximum atomic E-state index is 12.8. The van der Waals surface area contributed by atoms with Crippen molar-refractivity contribution in [3.8, 4) is 0 Å². The predicted octanol–water partition coefficient (Wildman–Crippen LogP) is 2.16. The summed E-state index contributed by atoms with van der Waals surface area (Å²) >= 11 is 0. The first kappa shape index (κ1) is 21.8. The number of amides is 2. The predicted molar refractivity (Wildman–Crippen MR) is 123 cm³/mol. The molecule has 0 saturated carbocycles. The zero-order valence-corrected chi connectivity index (χ0v) is 18.6. The number of aromatic nitrogens is 1. The molecular formula is C24H35N5O2. The minimum Gasteiger partial charge on any atom is -0.356 e. The third-order valence-corrected chi connectivity index (χ3v) is 6.71. The fourth-order valence-electron chi connectivity index (χ4n) is 4.64. The Bertz CT molecular complexity index is 846. The molecule has 2 aliphatic rings. The number of benzene rings is 1. The molecule has 31 heavy (non-hydrogen) atoms. The van der Waals surface area contributed by atoms with Crippen LogP contribution in [-0.2, 0) is 4.79 Å². The minimum atomic E-state index is 0.0583. The van der Waals surface area contributed by atoms with Crippen LogP contribution in [0.2, 0.25) is 0 Å². The van der Waals surface area contributed by atoms with Crippen LogP contribution in [0.3, 0.4) is 0 Å². The monoisotopic (exact) mass is 425 g/mol. The van der Waals surface area contributed by atoms with E-state index in [1.165, 1.54) is 0 Å². The highest BCUT2D eigenvalue weighted by atomic mass is 16.2. The molecule has 7 heteroatoms. The Morgan fingerprint density at radius 1 is 1.06 bits per heavy atom. The first-order chi connectivity index (χ1) is 15.1. The minimum absolute atomic E-state index is 0.0583. The van der Waals surface area contributed by atoms with Crippen molar-refractivity contribution >= 4 is 22.7 Å². The second-order valence-electron chi connectivity index (χ2n) is 9.06. The van der Waals surface area contributed by atoms with Gasteiger partial charge in [-0.2, -0.15) is 0 Å². The third-order valence-electron chi connectivity index (χ3n) is 6.71. The van der Waals surface area contributed by atoms with Gasteiger partial charge < -0.3 is 25.0 Å². The maximum absolute atomic E-state index is 12.8. The van der Waals surface area contributed by atoms with E-state index in [-0.39, 0.29) is 11.8 Å². The van der Waals surface area contributed by atoms with E-state index in [0.29, 0.717) is 18.0 Å². The number of likely N-dealkylation sites (tertiary alicyclic amines) is 1. The molecule has 0 unspecified atom stereocenters. The van der Waals surface area contributed by atoms with Gasteiger partial charge in [0.25, 0.3) is 5.91 Å². The second-order valence-corrected chi connectivity index (χ2v) is 9.06. The molecule has 0 spiro atoms. The first-order valence-electron chi connectivity index (χ1n) is 11.6. The number of carbonyl (C=O) groups is 2. The summed E-state index contributed by atoms with van der Waals surface area (Å²) in [5.41, 5.74) is 1.64. The van der Waals surface area contributed by atoms with Crippen molar-refractivity contribution in [2.45, 2.75) is 25.7 Å². The number of nitrogens with one attached hydrogen (secondary N) is 2. The number of piperidine rings is 1. The van der Waals surface area contributed by atoms with Gasteiger partial charge in [-0.3, -0.25) is 9.59 Å². The molecule has 2 fully saturated rings. The average molecular weight is 426 g/mol. The summed E-state index contributed by atoms with van der Waals surface area (Å²) in [6.07, 6.45) is 3.36. The molecule has 0 atom stereocenters. The molecule has 168 valence electrons. The van der Waals surface area contributed by atoms with Gasteiger partial charge in [0.15, 0.2) is 0 Å². The van der Waals surface area contributed by atoms with Crippen LogP contribution in [0.25, 0.3) is 10.9 Å². The quantitative estimate of drug-likeness (QED) is 0.667. The van der Waals surface area contributed by atoms with E-state index in [1.54, 1.807) is 0 Å². The van der Waals surface area contributed by atoms with E-state index in [9.17, 15) is 9.59 Å². The van der Waals surface area contributed by atoms with Gasteiger partial charge in [0.1, 0.15) is 5.69 Å². The van der Waals surface area contributed by atoms with E-state index in [1.807, 2.05) is 35.2 Å². The lowest BCUT2D eigenvalue weighted by Crippen LogP contribution is -2.45. The molecule has 2 amide bonds. The zero-order chi connectivity index (χ0) is 21.6. The molecule has 1 aromatic heterocycles. The van der Waals surface area contributed by atoms with Crippen molar-refractivity contribution in [3.63, 3.8) is 0 Å². The van der Waals surface area contributed by atoms with Gasteiger partial charge in [0.05, 0.1) is 0 Å². The average Bonchev–Trinajstić information content (AvgIpc) is 3.22. The van der Waals surface area contributed by atoms with Crippen LogP contribution in [0, 0.1) is 5.92 Å². The lowest BCUT2D eigenvalue weighted by molar-refractivity contribution is -0.122. The Balaban J connectivity index is 1.13. The summed E-state index contributed by atoms with van der Waals surface area (Å²) in [6.45, 7) is 7.76. The Kier molecular flexibility index (Phi) is 7.25. The molecule has 0 radical (unpaired) electrons. The van der Waals surface area contributed by atoms with Crippen LogP contribution < -0.4 is 5.32 Å². The van der Waals surface area contributed by atoms with Crippen molar-refractivity contribution in [1.29, 1.82) is 0 Å². The highest BCUT2D eigenvalue weighted by Gasteiger charge is 2.26. The van der Waals surface area contributed by atoms with Gasteiger partial charge >= 0.3 is 0 Å². The number of carbonyl (C=O) groups excluding carboxylic acids is 2. The highest BCUT2D eigenvalue weighted by molar-refractivity contribution is 5.98. The normalized spacial score (nSPS) is 19.1. The van der Waals surface area contributed by atoms with Crippen LogP contribution in [-0.4, -0.2) is 90.9 Å². The molecule has 2 saturated heterocycles. The van der Waals surface area contributed by atoms with Gasteiger partial charge in [-0.15, -0.1) is 0 Å². The number of para-hydroxylation sites is 1. The molecule has 2 aliphatic heterocycles. The van der Waals surface area contributed by atoms with Crippen molar-refractivity contribution < 1.29 is 9.59 Å². The number of hydrogen-bond donors (Lipinski definition) is 2. The number of nitrogens with zero attached hydrogens (tertiary/aromatic N) is 3. The Hall–Kier alpha value is -2.38. The lowest BCUT2D eigenvalue weighted by Gasteiger charge is -2.32. The fraction of sp³-hybridized carbons (Fsp3) is 0.583. The summed E-state index contributed by atoms with van der Waals surface area (Å²) in [5.74, 6) is 0.575. The number of rotatable bonds is 7. The second kappa shape index (κ2) is 10.3. The van der Waals surface area contributed by atoms with Crippen molar-refractivity contribution in [3.05, 3.63) is 36.0 Å². The topological polar surface area (TPSA) is 71.7 Å². The molecular weight excluding hydrogens is 390 g/mol. The number of piperazine rings is 1. The SMILES string of the molecule is CN1CCN(CCCNC(=O)CC2CCN(C(=O)c3cc4ccccc4[nH]3)CC2)CC1. The Morgan fingerprint density at radius 2 is 1.81 bits per heavy atom. The Morgan fingerprint density at radius 3 is 2.55 bits per heavy atom. The third kappa shape index (κ3) is 5.86. The standard InChI is InChI=1S/C24H35N5O2/c1-27-13-15-28(16-14-27)10-4-9-25-23(30)17-19-7-11-29(12-8-19)24(31)22-18-20-5-2-3-6-21(20)26-22/h2-3,5-6,18-19,26H,4,7-17H2,1H3,(H,25,30). The van der Waals surface area contributed by atoms with Gasteiger partial charge in [-0.05, 0) is 50.9 Å². The van der Waals surface area contributed by atoms with Crippen LogP contribution in [0.1, 0.15) is 36.2 Å². The molecule has 3 heterocycles. The molecule has 0 bridgehead atoms. The lowest BCUT2D eigenvalue weighted by atomic mass is 9.93. The van der Waals surface area contributed by atoms with E-state index in [4.69, 9.17) is 0 Å². The number of likely N-dealkylation sites (N-methyl/N-ethyl adjacent to an activating group) is 1. The number of aromatic amines is 1. The molecule has 1 aromatic carbocycles. The van der Waals surface area contributed by atoms with E-state index < -0.39 is 0 Å². The van der Waals surface area contributed by atoms with Crippen LogP contribution >= 0.6 is 0 Å². The van der Waals surface area contributed by atoms with Gasteiger partial charge in [-0.1, -0.05) is 18.2 Å². The van der Waals surface area contributed by atoms with Crippen LogP contribution in [0.4, 0.5) is 0 Å². The van der Waals surface area contributed by atoms with Gasteiger partial charge in [-0.25, -0.2) is 0 Å². The molecule has 2 N–H and O–H groups in total. The van der Waals surface area contributed by atoms with E-state index in [0.717, 1.165) is 82.5 Å². The molecule has 4 rings (SSSR count). The van der Waals surface area contributed by atoms with Crippen LogP contribution in [0.15, 0.2) is 30.3 Å². The molecule has 0 aliphatic carbocycles. The smallest absolute Gasteiger partial charge is 0.270 e. The number of hydrogen-bond acceptors (Lipinski definition) is 4. The molecule has 7 nitrogen and oxygen atoms in total. The largest absolute Gasteiger partial charge is 0.356 e. The van der Waals surface area contributed by atoms with Crippen molar-refractivity contribution in [2.75, 3.05) is 59.4 Å². The summed E-state index contributed by atoms with van der Waals surface area (Å²) in [5, 5.41) is 4.15. The summed E-state index contributed by atoms with van der Waals surface area (Å²) in [6, 6.07) is 9.88. The van der Waals surface area contributed by atoms with E-state index in [2.05, 4.69) is 27.1 Å². The number of fused-ring (bicyclic) bond motifs is 1. The van der Waals surface area contributed by atoms with Crippen LogP contribution in [0.5, 0.6) is 0 Å². The summed E-state index contributed by atoms with van der Waals surface area (Å²) in [4.78, 5) is 35.1. The highest BCUT2D eigenvalue weighted by Crippen LogP contribution is 2.23.